The lowest BCUT2D eigenvalue weighted by atomic mass is 9.96. The Morgan fingerprint density at radius 1 is 0.938 bits per heavy atom. The topological polar surface area (TPSA) is 83.4 Å². The maximum absolute atomic E-state index is 12.6. The van der Waals surface area contributed by atoms with Crippen molar-refractivity contribution in [2.75, 3.05) is 10.6 Å². The summed E-state index contributed by atoms with van der Waals surface area (Å²) in [5.41, 5.74) is 3.40. The van der Waals surface area contributed by atoms with Crippen molar-refractivity contribution in [3.05, 3.63) is 83.8 Å². The molecule has 0 spiro atoms. The molecule has 0 aliphatic carbocycles. The van der Waals surface area contributed by atoms with Gasteiger partial charge in [0.15, 0.2) is 10.9 Å². The van der Waals surface area contributed by atoms with Gasteiger partial charge in [-0.3, -0.25) is 9.59 Å². The van der Waals surface area contributed by atoms with Gasteiger partial charge in [0, 0.05) is 11.4 Å². The van der Waals surface area contributed by atoms with Crippen molar-refractivity contribution in [1.29, 1.82) is 0 Å². The Hall–Kier alpha value is -3.45. The van der Waals surface area contributed by atoms with Crippen LogP contribution in [0.2, 0.25) is 0 Å². The summed E-state index contributed by atoms with van der Waals surface area (Å²) in [7, 11) is 0. The molecule has 0 bridgehead atoms. The van der Waals surface area contributed by atoms with Crippen molar-refractivity contribution in [1.82, 2.24) is 5.32 Å². The monoisotopic (exact) mass is 449 g/mol. The summed E-state index contributed by atoms with van der Waals surface area (Å²) in [5.74, 6) is -0.0845. The Balaban J connectivity index is 1.55. The lowest BCUT2D eigenvalue weighted by Crippen LogP contribution is -2.36. The molecule has 0 fully saturated rings. The second kappa shape index (κ2) is 10.7. The molecule has 166 valence electrons. The van der Waals surface area contributed by atoms with E-state index in [9.17, 15) is 9.59 Å². The molecule has 0 saturated heterocycles. The largest absolute Gasteiger partial charge is 0.459 e. The van der Waals surface area contributed by atoms with Gasteiger partial charge in [-0.05, 0) is 72.9 Å². The number of hydrogen-bond donors (Lipinski definition) is 3. The molecule has 7 heteroatoms. The van der Waals surface area contributed by atoms with Gasteiger partial charge in [-0.15, -0.1) is 0 Å². The minimum Gasteiger partial charge on any atom is -0.459 e. The predicted molar refractivity (Wildman–Crippen MR) is 131 cm³/mol. The minimum absolute atomic E-state index is 0.188. The Labute approximate surface area is 193 Å². The quantitative estimate of drug-likeness (QED) is 0.424. The number of furan rings is 1. The lowest BCUT2D eigenvalue weighted by Gasteiger charge is -2.15. The van der Waals surface area contributed by atoms with Crippen molar-refractivity contribution in [3.63, 3.8) is 0 Å². The van der Waals surface area contributed by atoms with E-state index >= 15 is 0 Å². The van der Waals surface area contributed by atoms with E-state index in [4.69, 9.17) is 16.6 Å². The number of nitrogens with one attached hydrogen (secondary N) is 3. The number of anilines is 2. The van der Waals surface area contributed by atoms with Gasteiger partial charge in [0.1, 0.15) is 0 Å². The SMILES string of the molecule is CC(C)Cc1ccc(C(C)C(=O)NC(=S)Nc2cccc(NC(=O)c3ccco3)c2)cc1. The van der Waals surface area contributed by atoms with Gasteiger partial charge in [-0.2, -0.15) is 0 Å². The van der Waals surface area contributed by atoms with Crippen LogP contribution in [0.5, 0.6) is 0 Å². The van der Waals surface area contributed by atoms with Crippen LogP contribution in [0.25, 0.3) is 0 Å². The van der Waals surface area contributed by atoms with Gasteiger partial charge in [-0.25, -0.2) is 0 Å². The fourth-order valence-electron chi connectivity index (χ4n) is 3.22. The van der Waals surface area contributed by atoms with Gasteiger partial charge >= 0.3 is 0 Å². The van der Waals surface area contributed by atoms with Crippen LogP contribution >= 0.6 is 12.2 Å². The van der Waals surface area contributed by atoms with E-state index in [2.05, 4.69) is 41.9 Å². The third-order valence-corrected chi connectivity index (χ3v) is 5.08. The highest BCUT2D eigenvalue weighted by Gasteiger charge is 2.17. The zero-order chi connectivity index (χ0) is 23.1. The summed E-state index contributed by atoms with van der Waals surface area (Å²) in [6.45, 7) is 6.21. The number of benzene rings is 2. The summed E-state index contributed by atoms with van der Waals surface area (Å²) in [4.78, 5) is 24.8. The molecule has 0 aliphatic rings. The van der Waals surface area contributed by atoms with Crippen LogP contribution in [0, 0.1) is 5.92 Å². The molecule has 3 rings (SSSR count). The third-order valence-electron chi connectivity index (χ3n) is 4.88. The predicted octanol–water partition coefficient (Wildman–Crippen LogP) is 5.35. The summed E-state index contributed by atoms with van der Waals surface area (Å²) >= 11 is 5.30. The molecule has 32 heavy (non-hydrogen) atoms. The molecular weight excluding hydrogens is 422 g/mol. The van der Waals surface area contributed by atoms with E-state index in [1.54, 1.807) is 36.4 Å². The van der Waals surface area contributed by atoms with E-state index in [-0.39, 0.29) is 28.6 Å². The normalized spacial score (nSPS) is 11.6. The zero-order valence-electron chi connectivity index (χ0n) is 18.3. The number of carbonyl (C=O) groups excluding carboxylic acids is 2. The van der Waals surface area contributed by atoms with Gasteiger partial charge < -0.3 is 20.4 Å². The molecule has 1 aromatic heterocycles. The number of amides is 2. The molecule has 1 unspecified atom stereocenters. The Bertz CT molecular complexity index is 1080. The van der Waals surface area contributed by atoms with E-state index < -0.39 is 0 Å². The molecule has 0 aliphatic heterocycles. The summed E-state index contributed by atoms with van der Waals surface area (Å²) in [6.07, 6.45) is 2.45. The molecule has 2 amide bonds. The molecule has 0 radical (unpaired) electrons. The van der Waals surface area contributed by atoms with Crippen molar-refractivity contribution in [2.45, 2.75) is 33.1 Å². The van der Waals surface area contributed by atoms with E-state index in [0.29, 0.717) is 17.3 Å². The zero-order valence-corrected chi connectivity index (χ0v) is 19.2. The summed E-state index contributed by atoms with van der Waals surface area (Å²) in [6, 6.07) is 18.4. The summed E-state index contributed by atoms with van der Waals surface area (Å²) < 4.78 is 5.09. The molecule has 0 saturated carbocycles. The van der Waals surface area contributed by atoms with E-state index in [1.165, 1.54) is 11.8 Å². The van der Waals surface area contributed by atoms with Gasteiger partial charge in [0.25, 0.3) is 5.91 Å². The molecule has 3 N–H and O–H groups in total. The maximum Gasteiger partial charge on any atom is 0.291 e. The average molecular weight is 450 g/mol. The number of rotatable bonds is 7. The Kier molecular flexibility index (Phi) is 7.78. The first-order chi connectivity index (χ1) is 15.3. The second-order valence-electron chi connectivity index (χ2n) is 8.02. The van der Waals surface area contributed by atoms with Gasteiger partial charge in [0.2, 0.25) is 5.91 Å². The van der Waals surface area contributed by atoms with Crippen molar-refractivity contribution >= 4 is 40.5 Å². The molecule has 3 aromatic rings. The van der Waals surface area contributed by atoms with Crippen LogP contribution in [0.1, 0.15) is 48.4 Å². The summed E-state index contributed by atoms with van der Waals surface area (Å²) in [5, 5.41) is 8.66. The molecule has 1 heterocycles. The highest BCUT2D eigenvalue weighted by Crippen LogP contribution is 2.19. The van der Waals surface area contributed by atoms with E-state index in [0.717, 1.165) is 12.0 Å². The first kappa shape index (κ1) is 23.2. The van der Waals surface area contributed by atoms with Crippen LogP contribution in [0.3, 0.4) is 0 Å². The first-order valence-corrected chi connectivity index (χ1v) is 10.9. The van der Waals surface area contributed by atoms with Gasteiger partial charge in [-0.1, -0.05) is 44.2 Å². The molecule has 2 aromatic carbocycles. The third kappa shape index (κ3) is 6.52. The molecular formula is C25H27N3O3S. The van der Waals surface area contributed by atoms with Crippen LogP contribution in [0.15, 0.2) is 71.3 Å². The van der Waals surface area contributed by atoms with Crippen LogP contribution < -0.4 is 16.0 Å². The standard InChI is InChI=1S/C25H27N3O3S/c1-16(2)14-18-9-11-19(12-10-18)17(3)23(29)28-25(32)27-21-7-4-6-20(15-21)26-24(30)22-8-5-13-31-22/h4-13,15-17H,14H2,1-3H3,(H,26,30)(H2,27,28,29,32). The van der Waals surface area contributed by atoms with Crippen LogP contribution in [-0.2, 0) is 11.2 Å². The Morgan fingerprint density at radius 3 is 2.25 bits per heavy atom. The van der Waals surface area contributed by atoms with Crippen molar-refractivity contribution in [2.24, 2.45) is 5.92 Å². The van der Waals surface area contributed by atoms with Crippen LogP contribution in [0.4, 0.5) is 11.4 Å². The number of thiocarbonyl (C=S) groups is 1. The maximum atomic E-state index is 12.6. The molecule has 1 atom stereocenters. The average Bonchev–Trinajstić information content (AvgIpc) is 3.28. The van der Waals surface area contributed by atoms with Crippen molar-refractivity contribution < 1.29 is 14.0 Å². The Morgan fingerprint density at radius 2 is 1.62 bits per heavy atom. The van der Waals surface area contributed by atoms with Gasteiger partial charge in [0.05, 0.1) is 12.2 Å². The van der Waals surface area contributed by atoms with Crippen LogP contribution in [-0.4, -0.2) is 16.9 Å². The highest BCUT2D eigenvalue weighted by molar-refractivity contribution is 7.80. The number of hydrogen-bond acceptors (Lipinski definition) is 4. The lowest BCUT2D eigenvalue weighted by molar-refractivity contribution is -0.120. The fourth-order valence-corrected chi connectivity index (χ4v) is 3.44. The smallest absolute Gasteiger partial charge is 0.291 e. The highest BCUT2D eigenvalue weighted by atomic mass is 32.1. The second-order valence-corrected chi connectivity index (χ2v) is 8.43. The molecule has 6 nitrogen and oxygen atoms in total. The van der Waals surface area contributed by atoms with E-state index in [1.807, 2.05) is 19.1 Å². The first-order valence-electron chi connectivity index (χ1n) is 10.5. The van der Waals surface area contributed by atoms with Crippen molar-refractivity contribution in [3.8, 4) is 0 Å². The minimum atomic E-state index is -0.351. The number of carbonyl (C=O) groups is 2. The fraction of sp³-hybridized carbons (Fsp3) is 0.240.